The van der Waals surface area contributed by atoms with Gasteiger partial charge in [0.05, 0.1) is 33.5 Å². The summed E-state index contributed by atoms with van der Waals surface area (Å²) in [6.07, 6.45) is 0.925. The van der Waals surface area contributed by atoms with Gasteiger partial charge in [0.1, 0.15) is 11.5 Å². The third-order valence-electron chi connectivity index (χ3n) is 5.85. The van der Waals surface area contributed by atoms with E-state index in [0.29, 0.717) is 13.2 Å². The number of hydrogen-bond acceptors (Lipinski definition) is 5. The Hall–Kier alpha value is -3.34. The average molecular weight is 434 g/mol. The number of ether oxygens (including phenoxy) is 4. The van der Waals surface area contributed by atoms with Crippen LogP contribution in [0.2, 0.25) is 0 Å². The van der Waals surface area contributed by atoms with Crippen molar-refractivity contribution in [3.63, 3.8) is 0 Å². The molecule has 3 aromatic carbocycles. The third-order valence-corrected chi connectivity index (χ3v) is 5.85. The molecule has 1 atom stereocenters. The van der Waals surface area contributed by atoms with Gasteiger partial charge in [-0.25, -0.2) is 0 Å². The first-order chi connectivity index (χ1) is 15.7. The number of hydrogen-bond donors (Lipinski definition) is 0. The number of methoxy groups -OCH3 is 2. The first-order valence-electron chi connectivity index (χ1n) is 11.2. The van der Waals surface area contributed by atoms with Crippen LogP contribution in [0.15, 0.2) is 60.7 Å². The van der Waals surface area contributed by atoms with Gasteiger partial charge in [-0.15, -0.1) is 0 Å². The first kappa shape index (κ1) is 21.9. The monoisotopic (exact) mass is 433 g/mol. The van der Waals surface area contributed by atoms with Gasteiger partial charge >= 0.3 is 0 Å². The Morgan fingerprint density at radius 2 is 1.50 bits per heavy atom. The second-order valence-electron chi connectivity index (χ2n) is 7.68. The van der Waals surface area contributed by atoms with Gasteiger partial charge in [-0.3, -0.25) is 0 Å². The predicted octanol–water partition coefficient (Wildman–Crippen LogP) is 5.65. The molecule has 5 heteroatoms. The molecule has 0 radical (unpaired) electrons. The minimum Gasteiger partial charge on any atom is -0.497 e. The van der Waals surface area contributed by atoms with Crippen LogP contribution >= 0.6 is 0 Å². The molecule has 0 fully saturated rings. The summed E-state index contributed by atoms with van der Waals surface area (Å²) in [4.78, 5) is 2.44. The van der Waals surface area contributed by atoms with Crippen molar-refractivity contribution in [2.45, 2.75) is 26.3 Å². The molecule has 1 aliphatic rings. The van der Waals surface area contributed by atoms with Crippen LogP contribution in [-0.2, 0) is 6.42 Å². The predicted molar refractivity (Wildman–Crippen MR) is 128 cm³/mol. The van der Waals surface area contributed by atoms with Crippen LogP contribution in [0.5, 0.6) is 23.0 Å². The molecule has 0 aromatic heterocycles. The lowest BCUT2D eigenvalue weighted by Gasteiger charge is -2.40. The van der Waals surface area contributed by atoms with Crippen molar-refractivity contribution in [2.75, 3.05) is 38.9 Å². The Balaban J connectivity index is 1.85. The molecule has 1 unspecified atom stereocenters. The van der Waals surface area contributed by atoms with Gasteiger partial charge in [-0.05, 0) is 85.5 Å². The zero-order chi connectivity index (χ0) is 22.5. The van der Waals surface area contributed by atoms with Crippen LogP contribution in [0.25, 0.3) is 0 Å². The zero-order valence-corrected chi connectivity index (χ0v) is 19.3. The smallest absolute Gasteiger partial charge is 0.161 e. The molecule has 0 saturated heterocycles. The van der Waals surface area contributed by atoms with E-state index in [0.717, 1.165) is 41.7 Å². The highest BCUT2D eigenvalue weighted by Crippen LogP contribution is 2.43. The van der Waals surface area contributed by atoms with Gasteiger partial charge in [0.15, 0.2) is 11.5 Å². The van der Waals surface area contributed by atoms with Crippen LogP contribution in [-0.4, -0.2) is 34.0 Å². The lowest BCUT2D eigenvalue weighted by atomic mass is 9.87. The third kappa shape index (κ3) is 4.33. The van der Waals surface area contributed by atoms with Crippen molar-refractivity contribution in [1.29, 1.82) is 0 Å². The fourth-order valence-corrected chi connectivity index (χ4v) is 4.39. The molecule has 0 bridgehead atoms. The largest absolute Gasteiger partial charge is 0.497 e. The Morgan fingerprint density at radius 3 is 2.16 bits per heavy atom. The highest BCUT2D eigenvalue weighted by atomic mass is 16.5. The molecule has 0 spiro atoms. The van der Waals surface area contributed by atoms with E-state index in [4.69, 9.17) is 18.9 Å². The Morgan fingerprint density at radius 1 is 0.812 bits per heavy atom. The molecule has 0 saturated carbocycles. The Kier molecular flexibility index (Phi) is 6.74. The maximum absolute atomic E-state index is 5.97. The quantitative estimate of drug-likeness (QED) is 0.459. The molecule has 4 rings (SSSR count). The fourth-order valence-electron chi connectivity index (χ4n) is 4.39. The standard InChI is InChI=1S/C27H31NO4/c1-5-31-25-17-19-14-15-28(21-10-12-22(29-3)13-11-21)27(24(19)18-26(25)32-6-2)20-8-7-9-23(16-20)30-4/h7-13,16-18,27H,5-6,14-15H2,1-4H3. The van der Waals surface area contributed by atoms with E-state index < -0.39 is 0 Å². The van der Waals surface area contributed by atoms with Gasteiger partial charge in [-0.2, -0.15) is 0 Å². The highest BCUT2D eigenvalue weighted by molar-refractivity contribution is 5.60. The Labute approximate surface area is 190 Å². The summed E-state index contributed by atoms with van der Waals surface area (Å²) in [5.41, 5.74) is 4.84. The molecule has 0 N–H and O–H groups in total. The minimum absolute atomic E-state index is 0.0251. The summed E-state index contributed by atoms with van der Waals surface area (Å²) < 4.78 is 22.8. The molecule has 5 nitrogen and oxygen atoms in total. The van der Waals surface area contributed by atoms with E-state index in [9.17, 15) is 0 Å². The SMILES string of the molecule is CCOc1cc2c(cc1OCC)C(c1cccc(OC)c1)N(c1ccc(OC)cc1)CC2. The molecule has 0 amide bonds. The van der Waals surface area contributed by atoms with Crippen molar-refractivity contribution in [1.82, 2.24) is 0 Å². The average Bonchev–Trinajstić information content (AvgIpc) is 2.84. The molecule has 1 aliphatic heterocycles. The van der Waals surface area contributed by atoms with E-state index in [1.54, 1.807) is 14.2 Å². The van der Waals surface area contributed by atoms with Gasteiger partial charge < -0.3 is 23.8 Å². The van der Waals surface area contributed by atoms with Crippen molar-refractivity contribution < 1.29 is 18.9 Å². The second-order valence-corrected chi connectivity index (χ2v) is 7.68. The number of rotatable bonds is 8. The molecule has 3 aromatic rings. The summed E-state index contributed by atoms with van der Waals surface area (Å²) in [6, 6.07) is 20.9. The van der Waals surface area contributed by atoms with E-state index in [-0.39, 0.29) is 6.04 Å². The first-order valence-corrected chi connectivity index (χ1v) is 11.2. The number of nitrogens with zero attached hydrogens (tertiary/aromatic N) is 1. The number of benzene rings is 3. The van der Waals surface area contributed by atoms with Crippen molar-refractivity contribution in [3.05, 3.63) is 77.4 Å². The van der Waals surface area contributed by atoms with Crippen molar-refractivity contribution in [3.8, 4) is 23.0 Å². The summed E-state index contributed by atoms with van der Waals surface area (Å²) in [5, 5.41) is 0. The number of fused-ring (bicyclic) bond motifs is 1. The van der Waals surface area contributed by atoms with Crippen LogP contribution in [0, 0.1) is 0 Å². The van der Waals surface area contributed by atoms with Crippen molar-refractivity contribution in [2.24, 2.45) is 0 Å². The highest BCUT2D eigenvalue weighted by Gasteiger charge is 2.31. The van der Waals surface area contributed by atoms with Crippen LogP contribution in [0.4, 0.5) is 5.69 Å². The van der Waals surface area contributed by atoms with E-state index in [1.807, 2.05) is 38.1 Å². The zero-order valence-electron chi connectivity index (χ0n) is 19.3. The second kappa shape index (κ2) is 9.86. The van der Waals surface area contributed by atoms with Gasteiger partial charge in [0.2, 0.25) is 0 Å². The maximum atomic E-state index is 5.97. The summed E-state index contributed by atoms with van der Waals surface area (Å²) >= 11 is 0. The topological polar surface area (TPSA) is 40.2 Å². The normalized spacial score (nSPS) is 15.1. The van der Waals surface area contributed by atoms with E-state index in [1.165, 1.54) is 16.7 Å². The van der Waals surface area contributed by atoms with Gasteiger partial charge in [-0.1, -0.05) is 12.1 Å². The number of anilines is 1. The van der Waals surface area contributed by atoms with Gasteiger partial charge in [0, 0.05) is 12.2 Å². The fraction of sp³-hybridized carbons (Fsp3) is 0.333. The molecular formula is C27H31NO4. The van der Waals surface area contributed by atoms with Crippen LogP contribution < -0.4 is 23.8 Å². The lowest BCUT2D eigenvalue weighted by Crippen LogP contribution is -2.36. The summed E-state index contributed by atoms with van der Waals surface area (Å²) in [6.45, 7) is 6.08. The minimum atomic E-state index is 0.0251. The molecule has 1 heterocycles. The summed E-state index contributed by atoms with van der Waals surface area (Å²) in [7, 11) is 3.40. The maximum Gasteiger partial charge on any atom is 0.161 e. The molecule has 168 valence electrons. The van der Waals surface area contributed by atoms with E-state index in [2.05, 4.69) is 41.3 Å². The lowest BCUT2D eigenvalue weighted by molar-refractivity contribution is 0.286. The van der Waals surface area contributed by atoms with Gasteiger partial charge in [0.25, 0.3) is 0 Å². The van der Waals surface area contributed by atoms with Crippen LogP contribution in [0.3, 0.4) is 0 Å². The summed E-state index contributed by atoms with van der Waals surface area (Å²) in [5.74, 6) is 3.30. The molecular weight excluding hydrogens is 402 g/mol. The Bertz CT molecular complexity index is 1050. The van der Waals surface area contributed by atoms with Crippen LogP contribution in [0.1, 0.15) is 36.6 Å². The van der Waals surface area contributed by atoms with Crippen molar-refractivity contribution >= 4 is 5.69 Å². The molecule has 32 heavy (non-hydrogen) atoms. The van der Waals surface area contributed by atoms with E-state index >= 15 is 0 Å². The molecule has 0 aliphatic carbocycles.